The molecule has 0 saturated carbocycles. The molecule has 0 unspecified atom stereocenters. The number of pyridine rings is 1. The first-order valence-electron chi connectivity index (χ1n) is 4.49. The summed E-state index contributed by atoms with van der Waals surface area (Å²) in [4.78, 5) is 4.09. The third-order valence-corrected chi connectivity index (χ3v) is 2.63. The van der Waals surface area contributed by atoms with Gasteiger partial charge in [-0.2, -0.15) is 0 Å². The predicted octanol–water partition coefficient (Wildman–Crippen LogP) is 3.08. The number of hydrogen-bond acceptors (Lipinski definition) is 1. The topological polar surface area (TPSA) is 12.9 Å². The Kier molecular flexibility index (Phi) is 2.51. The first kappa shape index (κ1) is 9.24. The van der Waals surface area contributed by atoms with Crippen molar-refractivity contribution >= 4 is 0 Å². The minimum absolute atomic E-state index is 0.285. The molecule has 0 fully saturated rings. The van der Waals surface area contributed by atoms with E-state index in [-0.39, 0.29) is 5.41 Å². The Morgan fingerprint density at radius 1 is 1.42 bits per heavy atom. The van der Waals surface area contributed by atoms with Crippen LogP contribution >= 0.6 is 0 Å². The van der Waals surface area contributed by atoms with Crippen molar-refractivity contribution in [3.05, 3.63) is 29.6 Å². The molecule has 0 aliphatic carbocycles. The first-order chi connectivity index (χ1) is 5.58. The fraction of sp³-hybridized carbons (Fsp3) is 0.545. The van der Waals surface area contributed by atoms with E-state index < -0.39 is 0 Å². The van der Waals surface area contributed by atoms with Gasteiger partial charge in [-0.1, -0.05) is 20.8 Å². The van der Waals surface area contributed by atoms with Gasteiger partial charge in [0.1, 0.15) is 0 Å². The lowest BCUT2D eigenvalue weighted by molar-refractivity contribution is 0.502. The van der Waals surface area contributed by atoms with Crippen LogP contribution in [-0.4, -0.2) is 4.98 Å². The summed E-state index contributed by atoms with van der Waals surface area (Å²) in [5.74, 6) is 0. The molecule has 0 aliphatic rings. The first-order valence-corrected chi connectivity index (χ1v) is 4.49. The third kappa shape index (κ3) is 1.66. The highest BCUT2D eigenvalue weighted by molar-refractivity contribution is 5.28. The second-order valence-corrected chi connectivity index (χ2v) is 3.93. The Bertz CT molecular complexity index is 263. The second kappa shape index (κ2) is 3.26. The van der Waals surface area contributed by atoms with Crippen LogP contribution in [0, 0.1) is 6.92 Å². The van der Waals surface area contributed by atoms with E-state index in [2.05, 4.69) is 38.7 Å². The normalized spacial score (nSPS) is 11.7. The number of rotatable bonds is 2. The molecule has 0 N–H and O–H groups in total. The molecule has 1 rings (SSSR count). The largest absolute Gasteiger partial charge is 0.264 e. The van der Waals surface area contributed by atoms with Gasteiger partial charge in [-0.25, -0.2) is 0 Å². The number of aryl methyl sites for hydroxylation is 1. The summed E-state index contributed by atoms with van der Waals surface area (Å²) in [5, 5.41) is 0. The quantitative estimate of drug-likeness (QED) is 0.653. The highest BCUT2D eigenvalue weighted by Crippen LogP contribution is 2.28. The smallest absolute Gasteiger partial charge is 0.0299 e. The standard InChI is InChI=1S/C11H17N/c1-5-11(3,4)10-6-7-12-8-9(10)2/h6-8H,5H2,1-4H3. The molecule has 1 nitrogen and oxygen atoms in total. The monoisotopic (exact) mass is 163 g/mol. The Hall–Kier alpha value is -0.850. The van der Waals surface area contributed by atoms with E-state index in [0.29, 0.717) is 0 Å². The van der Waals surface area contributed by atoms with Crippen LogP contribution in [0.15, 0.2) is 18.5 Å². The summed E-state index contributed by atoms with van der Waals surface area (Å²) in [7, 11) is 0. The van der Waals surface area contributed by atoms with E-state index in [1.54, 1.807) is 0 Å². The summed E-state index contributed by atoms with van der Waals surface area (Å²) in [5.41, 5.74) is 3.00. The minimum atomic E-state index is 0.285. The summed E-state index contributed by atoms with van der Waals surface area (Å²) in [6.07, 6.45) is 4.98. The maximum Gasteiger partial charge on any atom is 0.0299 e. The van der Waals surface area contributed by atoms with Crippen LogP contribution < -0.4 is 0 Å². The zero-order valence-electron chi connectivity index (χ0n) is 8.39. The van der Waals surface area contributed by atoms with Gasteiger partial charge in [0, 0.05) is 12.4 Å². The van der Waals surface area contributed by atoms with E-state index in [1.807, 2.05) is 12.4 Å². The van der Waals surface area contributed by atoms with Crippen molar-refractivity contribution in [3.63, 3.8) is 0 Å². The number of nitrogens with zero attached hydrogens (tertiary/aromatic N) is 1. The third-order valence-electron chi connectivity index (χ3n) is 2.63. The predicted molar refractivity (Wildman–Crippen MR) is 52.3 cm³/mol. The Morgan fingerprint density at radius 3 is 2.58 bits per heavy atom. The van der Waals surface area contributed by atoms with Gasteiger partial charge in [0.25, 0.3) is 0 Å². The molecular weight excluding hydrogens is 146 g/mol. The van der Waals surface area contributed by atoms with E-state index in [1.165, 1.54) is 11.1 Å². The zero-order chi connectivity index (χ0) is 9.19. The van der Waals surface area contributed by atoms with Crippen molar-refractivity contribution in [2.75, 3.05) is 0 Å². The Morgan fingerprint density at radius 2 is 2.08 bits per heavy atom. The van der Waals surface area contributed by atoms with Gasteiger partial charge in [0.15, 0.2) is 0 Å². The Balaban J connectivity index is 3.10. The maximum atomic E-state index is 4.09. The van der Waals surface area contributed by atoms with Gasteiger partial charge in [-0.3, -0.25) is 4.98 Å². The van der Waals surface area contributed by atoms with Crippen LogP contribution in [-0.2, 0) is 5.41 Å². The molecular formula is C11H17N. The molecule has 1 aromatic heterocycles. The molecule has 1 heteroatoms. The van der Waals surface area contributed by atoms with Crippen molar-refractivity contribution in [2.45, 2.75) is 39.5 Å². The molecule has 0 radical (unpaired) electrons. The second-order valence-electron chi connectivity index (χ2n) is 3.93. The van der Waals surface area contributed by atoms with Crippen molar-refractivity contribution in [3.8, 4) is 0 Å². The average molecular weight is 163 g/mol. The summed E-state index contributed by atoms with van der Waals surface area (Å²) in [6.45, 7) is 8.89. The van der Waals surface area contributed by atoms with E-state index >= 15 is 0 Å². The molecule has 1 heterocycles. The lowest BCUT2D eigenvalue weighted by atomic mass is 9.81. The highest BCUT2D eigenvalue weighted by atomic mass is 14.6. The van der Waals surface area contributed by atoms with Crippen LogP contribution in [0.25, 0.3) is 0 Å². The van der Waals surface area contributed by atoms with Gasteiger partial charge >= 0.3 is 0 Å². The van der Waals surface area contributed by atoms with Gasteiger partial charge in [-0.05, 0) is 36.0 Å². The van der Waals surface area contributed by atoms with Gasteiger partial charge in [0.05, 0.1) is 0 Å². The van der Waals surface area contributed by atoms with Crippen molar-refractivity contribution in [1.82, 2.24) is 4.98 Å². The molecule has 0 spiro atoms. The Labute approximate surface area is 74.8 Å². The van der Waals surface area contributed by atoms with Gasteiger partial charge < -0.3 is 0 Å². The maximum absolute atomic E-state index is 4.09. The van der Waals surface area contributed by atoms with Crippen molar-refractivity contribution in [2.24, 2.45) is 0 Å². The lowest BCUT2D eigenvalue weighted by Gasteiger charge is -2.24. The summed E-state index contributed by atoms with van der Waals surface area (Å²) >= 11 is 0. The van der Waals surface area contributed by atoms with Crippen LogP contribution in [0.5, 0.6) is 0 Å². The molecule has 0 atom stereocenters. The molecule has 66 valence electrons. The van der Waals surface area contributed by atoms with E-state index in [9.17, 15) is 0 Å². The van der Waals surface area contributed by atoms with Crippen LogP contribution in [0.4, 0.5) is 0 Å². The van der Waals surface area contributed by atoms with E-state index in [0.717, 1.165) is 6.42 Å². The molecule has 0 saturated heterocycles. The minimum Gasteiger partial charge on any atom is -0.264 e. The number of aromatic nitrogens is 1. The molecule has 12 heavy (non-hydrogen) atoms. The SMILES string of the molecule is CCC(C)(C)c1ccncc1C. The molecule has 0 aliphatic heterocycles. The molecule has 1 aromatic rings. The fourth-order valence-corrected chi connectivity index (χ4v) is 1.42. The summed E-state index contributed by atoms with van der Waals surface area (Å²) in [6, 6.07) is 2.12. The summed E-state index contributed by atoms with van der Waals surface area (Å²) < 4.78 is 0. The molecule has 0 aromatic carbocycles. The van der Waals surface area contributed by atoms with Gasteiger partial charge in [0.2, 0.25) is 0 Å². The molecule has 0 amide bonds. The fourth-order valence-electron chi connectivity index (χ4n) is 1.42. The number of hydrogen-bond donors (Lipinski definition) is 0. The van der Waals surface area contributed by atoms with E-state index in [4.69, 9.17) is 0 Å². The average Bonchev–Trinajstić information content (AvgIpc) is 2.05. The molecule has 0 bridgehead atoms. The zero-order valence-corrected chi connectivity index (χ0v) is 8.39. The van der Waals surface area contributed by atoms with Crippen LogP contribution in [0.2, 0.25) is 0 Å². The van der Waals surface area contributed by atoms with Gasteiger partial charge in [-0.15, -0.1) is 0 Å². The van der Waals surface area contributed by atoms with Crippen molar-refractivity contribution < 1.29 is 0 Å². The van der Waals surface area contributed by atoms with Crippen LogP contribution in [0.1, 0.15) is 38.3 Å². The van der Waals surface area contributed by atoms with Crippen LogP contribution in [0.3, 0.4) is 0 Å². The lowest BCUT2D eigenvalue weighted by Crippen LogP contribution is -2.16. The van der Waals surface area contributed by atoms with Crippen molar-refractivity contribution in [1.29, 1.82) is 0 Å². The highest BCUT2D eigenvalue weighted by Gasteiger charge is 2.19.